The van der Waals surface area contributed by atoms with Crippen molar-refractivity contribution in [2.24, 2.45) is 0 Å². The van der Waals surface area contributed by atoms with Crippen LogP contribution in [0.4, 0.5) is 5.69 Å². The van der Waals surface area contributed by atoms with Gasteiger partial charge in [-0.05, 0) is 30.3 Å². The molecule has 3 N–H and O–H groups in total. The molecule has 0 aliphatic rings. The molecule has 5 heteroatoms. The molecule has 0 spiro atoms. The zero-order chi connectivity index (χ0) is 12.7. The Morgan fingerprint density at radius 1 is 1.11 bits per heavy atom. The monoisotopic (exact) mass is 277 g/mol. The smallest absolute Gasteiger partial charge is 0.140 e. The lowest BCUT2D eigenvalue weighted by Gasteiger charge is -2.02. The van der Waals surface area contributed by atoms with Crippen LogP contribution < -0.4 is 5.73 Å². The van der Waals surface area contributed by atoms with Crippen molar-refractivity contribution in [3.63, 3.8) is 0 Å². The van der Waals surface area contributed by atoms with E-state index in [-0.39, 0.29) is 0 Å². The second kappa shape index (κ2) is 4.19. The molecule has 1 heterocycles. The van der Waals surface area contributed by atoms with Crippen LogP contribution in [0, 0.1) is 0 Å². The van der Waals surface area contributed by atoms with E-state index in [9.17, 15) is 0 Å². The van der Waals surface area contributed by atoms with Crippen LogP contribution >= 0.6 is 23.2 Å². The number of hydrogen-bond acceptors (Lipinski definition) is 2. The second-order valence-corrected chi connectivity index (χ2v) is 4.80. The molecule has 0 saturated heterocycles. The molecule has 3 rings (SSSR count). The minimum Gasteiger partial charge on any atom is -0.398 e. The molecule has 0 aliphatic carbocycles. The van der Waals surface area contributed by atoms with E-state index < -0.39 is 0 Å². The third-order valence-electron chi connectivity index (χ3n) is 2.73. The summed E-state index contributed by atoms with van der Waals surface area (Å²) in [5.74, 6) is 0.687. The van der Waals surface area contributed by atoms with Crippen LogP contribution in [0.3, 0.4) is 0 Å². The molecule has 0 unspecified atom stereocenters. The highest BCUT2D eigenvalue weighted by Gasteiger charge is 2.10. The van der Waals surface area contributed by atoms with Crippen molar-refractivity contribution in [3.05, 3.63) is 46.4 Å². The standard InChI is InChI=1S/C13H9Cl2N3/c14-7-4-5-8(10(16)6-7)13-17-11-3-1-2-9(15)12(11)18-13/h1-6H,16H2,(H,17,18). The fraction of sp³-hybridized carbons (Fsp3) is 0. The predicted molar refractivity (Wildman–Crippen MR) is 76.0 cm³/mol. The van der Waals surface area contributed by atoms with Gasteiger partial charge in [-0.25, -0.2) is 4.98 Å². The average Bonchev–Trinajstić information content (AvgIpc) is 2.74. The Morgan fingerprint density at radius 3 is 2.67 bits per heavy atom. The van der Waals surface area contributed by atoms with Crippen molar-refractivity contribution in [2.75, 3.05) is 5.73 Å². The number of imidazole rings is 1. The van der Waals surface area contributed by atoms with Gasteiger partial charge in [0, 0.05) is 16.3 Å². The van der Waals surface area contributed by atoms with Gasteiger partial charge < -0.3 is 10.7 Å². The van der Waals surface area contributed by atoms with Crippen LogP contribution in [0.15, 0.2) is 36.4 Å². The molecule has 0 amide bonds. The van der Waals surface area contributed by atoms with E-state index in [1.165, 1.54) is 0 Å². The quantitative estimate of drug-likeness (QED) is 0.658. The summed E-state index contributed by atoms with van der Waals surface area (Å²) in [7, 11) is 0. The van der Waals surface area contributed by atoms with E-state index in [4.69, 9.17) is 28.9 Å². The molecule has 0 aliphatic heterocycles. The number of aromatic nitrogens is 2. The number of nitrogens with one attached hydrogen (secondary N) is 1. The number of nitrogen functional groups attached to an aromatic ring is 1. The van der Waals surface area contributed by atoms with Crippen LogP contribution in [0.5, 0.6) is 0 Å². The van der Waals surface area contributed by atoms with Gasteiger partial charge >= 0.3 is 0 Å². The van der Waals surface area contributed by atoms with E-state index in [1.807, 2.05) is 18.2 Å². The summed E-state index contributed by atoms with van der Waals surface area (Å²) in [5, 5.41) is 1.22. The lowest BCUT2D eigenvalue weighted by atomic mass is 10.2. The molecule has 0 fully saturated rings. The highest BCUT2D eigenvalue weighted by atomic mass is 35.5. The summed E-state index contributed by atoms with van der Waals surface area (Å²) in [6.45, 7) is 0. The maximum Gasteiger partial charge on any atom is 0.140 e. The Kier molecular flexibility index (Phi) is 2.65. The first kappa shape index (κ1) is 11.4. The molecular formula is C13H9Cl2N3. The molecule has 0 bridgehead atoms. The molecular weight excluding hydrogens is 269 g/mol. The van der Waals surface area contributed by atoms with Gasteiger partial charge in [-0.1, -0.05) is 29.3 Å². The van der Waals surface area contributed by atoms with Gasteiger partial charge in [0.25, 0.3) is 0 Å². The summed E-state index contributed by atoms with van der Waals surface area (Å²) in [6.07, 6.45) is 0. The maximum atomic E-state index is 6.09. The van der Waals surface area contributed by atoms with Crippen LogP contribution in [-0.4, -0.2) is 9.97 Å². The van der Waals surface area contributed by atoms with Gasteiger partial charge in [0.15, 0.2) is 0 Å². The Morgan fingerprint density at radius 2 is 1.94 bits per heavy atom. The molecule has 2 aromatic carbocycles. The molecule has 0 atom stereocenters. The van der Waals surface area contributed by atoms with Gasteiger partial charge in [0.05, 0.1) is 10.5 Å². The predicted octanol–water partition coefficient (Wildman–Crippen LogP) is 4.12. The van der Waals surface area contributed by atoms with E-state index in [1.54, 1.807) is 18.2 Å². The Labute approximate surface area is 114 Å². The summed E-state index contributed by atoms with van der Waals surface area (Å²) in [5.41, 5.74) is 8.95. The number of para-hydroxylation sites is 1. The number of nitrogens with two attached hydrogens (primary N) is 1. The number of H-pyrrole nitrogens is 1. The van der Waals surface area contributed by atoms with E-state index in [2.05, 4.69) is 9.97 Å². The number of nitrogens with zero attached hydrogens (tertiary/aromatic N) is 1. The number of benzene rings is 2. The van der Waals surface area contributed by atoms with E-state index >= 15 is 0 Å². The second-order valence-electron chi connectivity index (χ2n) is 3.95. The van der Waals surface area contributed by atoms with Crippen LogP contribution in [0.25, 0.3) is 22.4 Å². The van der Waals surface area contributed by atoms with Crippen molar-refractivity contribution in [3.8, 4) is 11.4 Å². The molecule has 1 aromatic heterocycles. The molecule has 90 valence electrons. The van der Waals surface area contributed by atoms with Gasteiger partial charge in [0.1, 0.15) is 11.3 Å². The largest absolute Gasteiger partial charge is 0.398 e. The molecule has 0 saturated carbocycles. The number of halogens is 2. The Balaban J connectivity index is 2.23. The molecule has 3 nitrogen and oxygen atoms in total. The fourth-order valence-corrected chi connectivity index (χ4v) is 2.27. The number of rotatable bonds is 1. The Hall–Kier alpha value is -1.71. The van der Waals surface area contributed by atoms with E-state index in [0.29, 0.717) is 21.6 Å². The molecule has 0 radical (unpaired) electrons. The van der Waals surface area contributed by atoms with Crippen LogP contribution in [0.1, 0.15) is 0 Å². The van der Waals surface area contributed by atoms with Gasteiger partial charge in [-0.3, -0.25) is 0 Å². The summed E-state index contributed by atoms with van der Waals surface area (Å²) >= 11 is 12.0. The number of hydrogen-bond donors (Lipinski definition) is 2. The van der Waals surface area contributed by atoms with E-state index in [0.717, 1.165) is 16.6 Å². The van der Waals surface area contributed by atoms with Crippen molar-refractivity contribution in [1.82, 2.24) is 9.97 Å². The lowest BCUT2D eigenvalue weighted by molar-refractivity contribution is 1.34. The number of aromatic amines is 1. The maximum absolute atomic E-state index is 6.09. The first-order chi connectivity index (χ1) is 8.65. The summed E-state index contributed by atoms with van der Waals surface area (Å²) < 4.78 is 0. The SMILES string of the molecule is Nc1cc(Cl)ccc1-c1nc2c(Cl)cccc2[nH]1. The number of anilines is 1. The normalized spacial score (nSPS) is 11.0. The van der Waals surface area contributed by atoms with Crippen molar-refractivity contribution < 1.29 is 0 Å². The van der Waals surface area contributed by atoms with Crippen molar-refractivity contribution in [2.45, 2.75) is 0 Å². The van der Waals surface area contributed by atoms with Gasteiger partial charge in [0.2, 0.25) is 0 Å². The molecule has 18 heavy (non-hydrogen) atoms. The topological polar surface area (TPSA) is 54.7 Å². The van der Waals surface area contributed by atoms with Gasteiger partial charge in [-0.2, -0.15) is 0 Å². The van der Waals surface area contributed by atoms with Crippen LogP contribution in [0.2, 0.25) is 10.0 Å². The first-order valence-corrected chi connectivity index (χ1v) is 6.10. The minimum absolute atomic E-state index is 0.581. The fourth-order valence-electron chi connectivity index (χ4n) is 1.87. The van der Waals surface area contributed by atoms with Gasteiger partial charge in [-0.15, -0.1) is 0 Å². The third kappa shape index (κ3) is 1.82. The molecule has 3 aromatic rings. The summed E-state index contributed by atoms with van der Waals surface area (Å²) in [4.78, 5) is 7.66. The summed E-state index contributed by atoms with van der Waals surface area (Å²) in [6, 6.07) is 10.9. The van der Waals surface area contributed by atoms with Crippen molar-refractivity contribution in [1.29, 1.82) is 0 Å². The highest BCUT2D eigenvalue weighted by molar-refractivity contribution is 6.35. The highest BCUT2D eigenvalue weighted by Crippen LogP contribution is 2.30. The first-order valence-electron chi connectivity index (χ1n) is 5.35. The lowest BCUT2D eigenvalue weighted by Crippen LogP contribution is -1.90. The third-order valence-corrected chi connectivity index (χ3v) is 3.27. The number of fused-ring (bicyclic) bond motifs is 1. The van der Waals surface area contributed by atoms with Crippen LogP contribution in [-0.2, 0) is 0 Å². The average molecular weight is 278 g/mol. The minimum atomic E-state index is 0.581. The Bertz CT molecular complexity index is 734. The van der Waals surface area contributed by atoms with Crippen molar-refractivity contribution >= 4 is 39.9 Å². The zero-order valence-electron chi connectivity index (χ0n) is 9.24. The zero-order valence-corrected chi connectivity index (χ0v) is 10.8.